The van der Waals surface area contributed by atoms with Crippen LogP contribution in [-0.2, 0) is 4.74 Å². The minimum absolute atomic E-state index is 0.384. The van der Waals surface area contributed by atoms with Gasteiger partial charge in [0.05, 0.1) is 13.2 Å². The van der Waals surface area contributed by atoms with Gasteiger partial charge in [0.25, 0.3) is 0 Å². The zero-order chi connectivity index (χ0) is 10.5. The Hall–Kier alpha value is -1.60. The quantitative estimate of drug-likeness (QED) is 0.746. The first-order chi connectivity index (χ1) is 7.38. The molecule has 0 spiro atoms. The molecule has 1 fully saturated rings. The summed E-state index contributed by atoms with van der Waals surface area (Å²) >= 11 is 0. The molecule has 0 aliphatic carbocycles. The summed E-state index contributed by atoms with van der Waals surface area (Å²) in [5.74, 6) is 0.971. The molecule has 0 aromatic carbocycles. The maximum absolute atomic E-state index is 8.65. The Bertz CT molecular complexity index is 367. The second-order valence-electron chi connectivity index (χ2n) is 3.51. The molecule has 4 nitrogen and oxygen atoms in total. The average Bonchev–Trinajstić information content (AvgIpc) is 2.79. The van der Waals surface area contributed by atoms with Gasteiger partial charge in [-0.25, -0.2) is 4.98 Å². The number of ether oxygens (including phenoxy) is 2. The smallest absolute Gasteiger partial charge is 0.214 e. The van der Waals surface area contributed by atoms with Crippen LogP contribution in [0.25, 0.3) is 0 Å². The third kappa shape index (κ3) is 2.67. The van der Waals surface area contributed by atoms with E-state index in [0.717, 1.165) is 19.6 Å². The van der Waals surface area contributed by atoms with Gasteiger partial charge in [-0.3, -0.25) is 0 Å². The summed E-state index contributed by atoms with van der Waals surface area (Å²) in [6.45, 7) is 2.19. The third-order valence-corrected chi connectivity index (χ3v) is 2.33. The molecule has 78 valence electrons. The minimum atomic E-state index is 0.384. The fourth-order valence-corrected chi connectivity index (χ4v) is 1.48. The van der Waals surface area contributed by atoms with Gasteiger partial charge >= 0.3 is 0 Å². The van der Waals surface area contributed by atoms with Crippen LogP contribution in [0.1, 0.15) is 12.1 Å². The Morgan fingerprint density at radius 2 is 2.53 bits per heavy atom. The van der Waals surface area contributed by atoms with Crippen LogP contribution in [-0.4, -0.2) is 24.8 Å². The van der Waals surface area contributed by atoms with Gasteiger partial charge in [-0.05, 0) is 12.5 Å². The highest BCUT2D eigenvalue weighted by atomic mass is 16.5. The van der Waals surface area contributed by atoms with E-state index in [1.54, 1.807) is 18.2 Å². The van der Waals surface area contributed by atoms with Gasteiger partial charge in [0, 0.05) is 18.6 Å². The van der Waals surface area contributed by atoms with Crippen molar-refractivity contribution < 1.29 is 9.47 Å². The highest BCUT2D eigenvalue weighted by Crippen LogP contribution is 2.14. The number of nitrogens with zero attached hydrogens (tertiary/aromatic N) is 2. The molecule has 15 heavy (non-hydrogen) atoms. The summed E-state index contributed by atoms with van der Waals surface area (Å²) in [6.07, 6.45) is 1.04. The van der Waals surface area contributed by atoms with E-state index in [9.17, 15) is 0 Å². The summed E-state index contributed by atoms with van der Waals surface area (Å²) in [4.78, 5) is 4.03. The summed E-state index contributed by atoms with van der Waals surface area (Å²) < 4.78 is 10.7. The predicted octanol–water partition coefficient (Wildman–Crippen LogP) is 1.37. The van der Waals surface area contributed by atoms with Gasteiger partial charge in [0.15, 0.2) is 0 Å². The molecular weight excluding hydrogens is 192 g/mol. The van der Waals surface area contributed by atoms with Crippen molar-refractivity contribution in [1.82, 2.24) is 4.98 Å². The molecule has 0 bridgehead atoms. The summed E-state index contributed by atoms with van der Waals surface area (Å²) in [5.41, 5.74) is 0.384. The summed E-state index contributed by atoms with van der Waals surface area (Å²) in [5, 5.41) is 8.65. The topological polar surface area (TPSA) is 55.1 Å². The largest absolute Gasteiger partial charge is 0.477 e. The van der Waals surface area contributed by atoms with E-state index in [0.29, 0.717) is 24.1 Å². The molecule has 0 amide bonds. The zero-order valence-electron chi connectivity index (χ0n) is 8.35. The normalized spacial score (nSPS) is 19.8. The lowest BCUT2D eigenvalue weighted by atomic mass is 10.1. The molecule has 1 atom stereocenters. The molecule has 1 saturated heterocycles. The molecular formula is C11H12N2O2. The number of nitriles is 1. The van der Waals surface area contributed by atoms with E-state index in [4.69, 9.17) is 14.7 Å². The Morgan fingerprint density at radius 3 is 3.27 bits per heavy atom. The fourth-order valence-electron chi connectivity index (χ4n) is 1.48. The fraction of sp³-hybridized carbons (Fsp3) is 0.455. The zero-order valence-corrected chi connectivity index (χ0v) is 8.35. The van der Waals surface area contributed by atoms with E-state index in [1.165, 1.54) is 0 Å². The van der Waals surface area contributed by atoms with Crippen molar-refractivity contribution in [2.45, 2.75) is 6.42 Å². The molecule has 1 unspecified atom stereocenters. The van der Waals surface area contributed by atoms with Gasteiger partial charge < -0.3 is 9.47 Å². The highest BCUT2D eigenvalue weighted by Gasteiger charge is 2.16. The van der Waals surface area contributed by atoms with Crippen LogP contribution < -0.4 is 4.74 Å². The van der Waals surface area contributed by atoms with Gasteiger partial charge in [0.1, 0.15) is 11.8 Å². The summed E-state index contributed by atoms with van der Waals surface area (Å²) in [7, 11) is 0. The molecule has 1 aliphatic heterocycles. The highest BCUT2D eigenvalue weighted by molar-refractivity contribution is 5.24. The first-order valence-electron chi connectivity index (χ1n) is 4.96. The molecule has 0 saturated carbocycles. The van der Waals surface area contributed by atoms with E-state index in [1.807, 2.05) is 6.07 Å². The van der Waals surface area contributed by atoms with Crippen LogP contribution in [0.4, 0.5) is 0 Å². The number of aromatic nitrogens is 1. The first-order valence-corrected chi connectivity index (χ1v) is 4.96. The Labute approximate surface area is 88.5 Å². The Balaban J connectivity index is 1.90. The van der Waals surface area contributed by atoms with E-state index in [-0.39, 0.29) is 0 Å². The SMILES string of the molecule is N#Cc1cccc(OCC2CCOC2)n1. The standard InChI is InChI=1S/C11H12N2O2/c12-6-10-2-1-3-11(13-10)15-8-9-4-5-14-7-9/h1-3,9H,4-5,7-8H2. The van der Waals surface area contributed by atoms with Gasteiger partial charge in [-0.15, -0.1) is 0 Å². The number of rotatable bonds is 3. The van der Waals surface area contributed by atoms with Crippen LogP contribution in [0, 0.1) is 17.2 Å². The molecule has 2 heterocycles. The lowest BCUT2D eigenvalue weighted by Gasteiger charge is -2.08. The van der Waals surface area contributed by atoms with Gasteiger partial charge in [-0.1, -0.05) is 6.07 Å². The van der Waals surface area contributed by atoms with Crippen molar-refractivity contribution in [2.24, 2.45) is 5.92 Å². The van der Waals surface area contributed by atoms with Crippen LogP contribution >= 0.6 is 0 Å². The van der Waals surface area contributed by atoms with E-state index >= 15 is 0 Å². The lowest BCUT2D eigenvalue weighted by molar-refractivity contribution is 0.165. The first kappa shape index (κ1) is 9.94. The molecule has 1 aromatic heterocycles. The van der Waals surface area contributed by atoms with Crippen molar-refractivity contribution >= 4 is 0 Å². The molecule has 0 N–H and O–H groups in total. The maximum atomic E-state index is 8.65. The lowest BCUT2D eigenvalue weighted by Crippen LogP contribution is -2.12. The monoisotopic (exact) mass is 204 g/mol. The minimum Gasteiger partial charge on any atom is -0.477 e. The number of hydrogen-bond donors (Lipinski definition) is 0. The van der Waals surface area contributed by atoms with Gasteiger partial charge in [0.2, 0.25) is 5.88 Å². The van der Waals surface area contributed by atoms with Crippen LogP contribution in [0.2, 0.25) is 0 Å². The molecule has 1 aromatic rings. The molecule has 4 heteroatoms. The number of pyridine rings is 1. The van der Waals surface area contributed by atoms with Crippen molar-refractivity contribution in [3.63, 3.8) is 0 Å². The van der Waals surface area contributed by atoms with E-state index < -0.39 is 0 Å². The second kappa shape index (κ2) is 4.76. The summed E-state index contributed by atoms with van der Waals surface area (Å²) in [6, 6.07) is 7.17. The van der Waals surface area contributed by atoms with E-state index in [2.05, 4.69) is 4.98 Å². The molecule has 1 aliphatic rings. The van der Waals surface area contributed by atoms with Crippen molar-refractivity contribution in [3.8, 4) is 11.9 Å². The van der Waals surface area contributed by atoms with Gasteiger partial charge in [-0.2, -0.15) is 5.26 Å². The average molecular weight is 204 g/mol. The van der Waals surface area contributed by atoms with Crippen molar-refractivity contribution in [3.05, 3.63) is 23.9 Å². The maximum Gasteiger partial charge on any atom is 0.214 e. The number of hydrogen-bond acceptors (Lipinski definition) is 4. The van der Waals surface area contributed by atoms with Crippen molar-refractivity contribution in [1.29, 1.82) is 5.26 Å². The third-order valence-electron chi connectivity index (χ3n) is 2.33. The molecule has 2 rings (SSSR count). The predicted molar refractivity (Wildman–Crippen MR) is 53.4 cm³/mol. The molecule has 0 radical (unpaired) electrons. The van der Waals surface area contributed by atoms with Crippen molar-refractivity contribution in [2.75, 3.05) is 19.8 Å². The van der Waals surface area contributed by atoms with Crippen LogP contribution in [0.3, 0.4) is 0 Å². The van der Waals surface area contributed by atoms with Crippen LogP contribution in [0.5, 0.6) is 5.88 Å². The second-order valence-corrected chi connectivity index (χ2v) is 3.51. The Morgan fingerprint density at radius 1 is 1.60 bits per heavy atom. The Kier molecular flexibility index (Phi) is 3.15. The van der Waals surface area contributed by atoms with Crippen LogP contribution in [0.15, 0.2) is 18.2 Å².